The van der Waals surface area contributed by atoms with Gasteiger partial charge in [-0.15, -0.1) is 0 Å². The zero-order valence-corrected chi connectivity index (χ0v) is 16.2. The number of rotatable bonds is 2. The van der Waals surface area contributed by atoms with E-state index in [-0.39, 0.29) is 11.2 Å². The maximum Gasteiger partial charge on any atom is 0.237 e. The fourth-order valence-corrected chi connectivity index (χ4v) is 4.52. The van der Waals surface area contributed by atoms with Crippen LogP contribution in [0.2, 0.25) is 0 Å². The molecule has 1 aromatic heterocycles. The third-order valence-electron chi connectivity index (χ3n) is 5.88. The van der Waals surface area contributed by atoms with Gasteiger partial charge in [0.15, 0.2) is 0 Å². The number of nitrogens with zero attached hydrogens (tertiary/aromatic N) is 1. The van der Waals surface area contributed by atoms with Crippen LogP contribution in [0.15, 0.2) is 16.5 Å². The van der Waals surface area contributed by atoms with Crippen LogP contribution in [0.5, 0.6) is 0 Å². The fourth-order valence-electron chi connectivity index (χ4n) is 4.52. The van der Waals surface area contributed by atoms with E-state index < -0.39 is 5.78 Å². The normalized spacial score (nSPS) is 17.9. The topological polar surface area (TPSA) is 50.5 Å². The minimum atomic E-state index is -0.421. The van der Waals surface area contributed by atoms with Crippen molar-refractivity contribution in [1.82, 2.24) is 4.90 Å². The summed E-state index contributed by atoms with van der Waals surface area (Å²) >= 11 is 0. The monoisotopic (exact) mass is 351 g/mol. The number of fused-ring (bicyclic) bond motifs is 5. The zero-order chi connectivity index (χ0) is 18.8. The predicted octanol–water partition coefficient (Wildman–Crippen LogP) is 4.31. The van der Waals surface area contributed by atoms with Crippen LogP contribution in [0.25, 0.3) is 11.3 Å². The first-order valence-corrected chi connectivity index (χ1v) is 9.25. The van der Waals surface area contributed by atoms with Gasteiger partial charge in [0.05, 0.1) is 12.1 Å². The number of hydrogen-bond acceptors (Lipinski definition) is 4. The molecule has 0 N–H and O–H groups in total. The van der Waals surface area contributed by atoms with Gasteiger partial charge in [0.1, 0.15) is 11.5 Å². The van der Waals surface area contributed by atoms with E-state index in [0.29, 0.717) is 23.4 Å². The molecule has 26 heavy (non-hydrogen) atoms. The Morgan fingerprint density at radius 2 is 1.81 bits per heavy atom. The molecule has 0 fully saturated rings. The molecule has 1 heterocycles. The Labute approximate surface area is 154 Å². The smallest absolute Gasteiger partial charge is 0.237 e. The SMILES string of the molecule is Cc1c(CN(C)C)oc2c1C(=O)C(=O)c1c-2ccc2c1CCCC2(C)C. The highest BCUT2D eigenvalue weighted by molar-refractivity contribution is 6.53. The second-order valence-corrected chi connectivity index (χ2v) is 8.50. The molecule has 0 saturated carbocycles. The molecule has 0 spiro atoms. The standard InChI is InChI=1S/C22H25NO3/c1-12-16(11-23(4)5)26-21-14-8-9-15-13(7-6-10-22(15,2)3)18(14)20(25)19(24)17(12)21/h8-9H,6-7,10-11H2,1-5H3. The van der Waals surface area contributed by atoms with E-state index in [0.717, 1.165) is 41.7 Å². The summed E-state index contributed by atoms with van der Waals surface area (Å²) in [5.41, 5.74) is 4.88. The molecule has 2 aliphatic carbocycles. The maximum absolute atomic E-state index is 13.0. The molecule has 0 unspecified atom stereocenters. The Bertz CT molecular complexity index is 947. The summed E-state index contributed by atoms with van der Waals surface area (Å²) < 4.78 is 6.12. The predicted molar refractivity (Wildman–Crippen MR) is 101 cm³/mol. The summed E-state index contributed by atoms with van der Waals surface area (Å²) in [6, 6.07) is 4.11. The third-order valence-corrected chi connectivity index (χ3v) is 5.88. The van der Waals surface area contributed by atoms with Gasteiger partial charge >= 0.3 is 0 Å². The van der Waals surface area contributed by atoms with E-state index in [4.69, 9.17) is 4.42 Å². The minimum Gasteiger partial charge on any atom is -0.459 e. The highest BCUT2D eigenvalue weighted by Crippen LogP contribution is 2.45. The molecule has 4 nitrogen and oxygen atoms in total. The lowest BCUT2D eigenvalue weighted by atomic mass is 9.69. The van der Waals surface area contributed by atoms with Gasteiger partial charge in [-0.1, -0.05) is 26.0 Å². The van der Waals surface area contributed by atoms with E-state index in [2.05, 4.69) is 19.9 Å². The van der Waals surface area contributed by atoms with Crippen molar-refractivity contribution in [2.24, 2.45) is 0 Å². The summed E-state index contributed by atoms with van der Waals surface area (Å²) in [6.45, 7) is 6.90. The Hall–Kier alpha value is -2.20. The van der Waals surface area contributed by atoms with Crippen molar-refractivity contribution in [2.75, 3.05) is 14.1 Å². The first-order chi connectivity index (χ1) is 12.2. The molecule has 1 aromatic carbocycles. The van der Waals surface area contributed by atoms with E-state index in [1.807, 2.05) is 32.0 Å². The van der Waals surface area contributed by atoms with Gasteiger partial charge in [0, 0.05) is 16.7 Å². The van der Waals surface area contributed by atoms with Crippen molar-refractivity contribution in [3.05, 3.63) is 45.7 Å². The quantitative estimate of drug-likeness (QED) is 0.757. The molecule has 0 aliphatic heterocycles. The number of carbonyl (C=O) groups is 2. The summed E-state index contributed by atoms with van der Waals surface area (Å²) in [5, 5.41) is 0. The van der Waals surface area contributed by atoms with Crippen LogP contribution in [0.1, 0.15) is 69.9 Å². The summed E-state index contributed by atoms with van der Waals surface area (Å²) in [6.07, 6.45) is 2.98. The Balaban J connectivity index is 1.98. The molecule has 136 valence electrons. The lowest BCUT2D eigenvalue weighted by Gasteiger charge is -2.34. The molecule has 4 rings (SSSR count). The number of ketones is 2. The Morgan fingerprint density at radius 3 is 2.50 bits per heavy atom. The van der Waals surface area contributed by atoms with Gasteiger partial charge in [-0.05, 0) is 56.8 Å². The summed E-state index contributed by atoms with van der Waals surface area (Å²) in [7, 11) is 3.92. The number of Topliss-reactive ketones (excluding diaryl/α,β-unsaturated/α-hetero) is 2. The second kappa shape index (κ2) is 5.65. The number of hydrogen-bond donors (Lipinski definition) is 0. The van der Waals surface area contributed by atoms with Gasteiger partial charge in [0.25, 0.3) is 0 Å². The minimum absolute atomic E-state index is 0.0291. The van der Waals surface area contributed by atoms with Crippen LogP contribution < -0.4 is 0 Å². The molecule has 0 atom stereocenters. The fraction of sp³-hybridized carbons (Fsp3) is 0.455. The van der Waals surface area contributed by atoms with Crippen LogP contribution in [0, 0.1) is 6.92 Å². The van der Waals surface area contributed by atoms with Gasteiger partial charge in [0.2, 0.25) is 11.6 Å². The highest BCUT2D eigenvalue weighted by atomic mass is 16.3. The van der Waals surface area contributed by atoms with Crippen molar-refractivity contribution < 1.29 is 14.0 Å². The Morgan fingerprint density at radius 1 is 1.12 bits per heavy atom. The number of furan rings is 1. The zero-order valence-electron chi connectivity index (χ0n) is 16.2. The molecular weight excluding hydrogens is 326 g/mol. The average molecular weight is 351 g/mol. The van der Waals surface area contributed by atoms with Gasteiger partial charge in [-0.3, -0.25) is 9.59 Å². The third kappa shape index (κ3) is 2.32. The van der Waals surface area contributed by atoms with Crippen molar-refractivity contribution >= 4 is 11.6 Å². The molecule has 0 saturated heterocycles. The largest absolute Gasteiger partial charge is 0.459 e. The number of benzene rings is 1. The lowest BCUT2D eigenvalue weighted by molar-refractivity contribution is 0.0813. The maximum atomic E-state index is 13.0. The van der Waals surface area contributed by atoms with Gasteiger partial charge < -0.3 is 9.32 Å². The molecule has 2 aromatic rings. The van der Waals surface area contributed by atoms with Crippen LogP contribution in [-0.2, 0) is 18.4 Å². The number of carbonyl (C=O) groups excluding carboxylic acids is 2. The van der Waals surface area contributed by atoms with Gasteiger partial charge in [-0.25, -0.2) is 0 Å². The van der Waals surface area contributed by atoms with E-state index >= 15 is 0 Å². The molecule has 0 bridgehead atoms. The van der Waals surface area contributed by atoms with Crippen molar-refractivity contribution in [3.8, 4) is 11.3 Å². The van der Waals surface area contributed by atoms with Crippen molar-refractivity contribution in [1.29, 1.82) is 0 Å². The first-order valence-electron chi connectivity index (χ1n) is 9.25. The van der Waals surface area contributed by atoms with Crippen LogP contribution in [-0.4, -0.2) is 30.6 Å². The molecule has 0 amide bonds. The van der Waals surface area contributed by atoms with Crippen molar-refractivity contribution in [2.45, 2.75) is 52.0 Å². The summed E-state index contributed by atoms with van der Waals surface area (Å²) in [5.74, 6) is 0.537. The van der Waals surface area contributed by atoms with Gasteiger partial charge in [-0.2, -0.15) is 0 Å². The van der Waals surface area contributed by atoms with E-state index in [1.54, 1.807) is 0 Å². The van der Waals surface area contributed by atoms with E-state index in [9.17, 15) is 9.59 Å². The van der Waals surface area contributed by atoms with Crippen LogP contribution >= 0.6 is 0 Å². The Kier molecular flexibility index (Phi) is 3.74. The summed E-state index contributed by atoms with van der Waals surface area (Å²) in [4.78, 5) is 28.0. The molecule has 2 aliphatic rings. The molecule has 0 radical (unpaired) electrons. The highest BCUT2D eigenvalue weighted by Gasteiger charge is 2.40. The van der Waals surface area contributed by atoms with Crippen LogP contribution in [0.4, 0.5) is 0 Å². The molecule has 4 heteroatoms. The average Bonchev–Trinajstić information content (AvgIpc) is 2.88. The van der Waals surface area contributed by atoms with E-state index in [1.165, 1.54) is 5.56 Å². The van der Waals surface area contributed by atoms with Crippen molar-refractivity contribution in [3.63, 3.8) is 0 Å². The molecular formula is C22H25NO3. The first kappa shape index (κ1) is 17.2. The second-order valence-electron chi connectivity index (χ2n) is 8.50. The lowest BCUT2D eigenvalue weighted by Crippen LogP contribution is -2.29. The van der Waals surface area contributed by atoms with Crippen LogP contribution in [0.3, 0.4) is 0 Å².